The monoisotopic (exact) mass is 523 g/mol. The summed E-state index contributed by atoms with van der Waals surface area (Å²) < 4.78 is 76.9. The van der Waals surface area contributed by atoms with E-state index >= 15 is 0 Å². The predicted molar refractivity (Wildman–Crippen MR) is 126 cm³/mol. The molecule has 7 nitrogen and oxygen atoms in total. The van der Waals surface area contributed by atoms with Crippen molar-refractivity contribution in [3.05, 3.63) is 83.4 Å². The molecule has 11 heteroatoms. The summed E-state index contributed by atoms with van der Waals surface area (Å²) in [5.74, 6) is 0.157. The van der Waals surface area contributed by atoms with E-state index in [4.69, 9.17) is 9.47 Å². The fourth-order valence-electron chi connectivity index (χ4n) is 3.06. The molecule has 3 aromatic carbocycles. The van der Waals surface area contributed by atoms with Crippen LogP contribution in [0.5, 0.6) is 17.2 Å². The highest BCUT2D eigenvalue weighted by Crippen LogP contribution is 2.31. The van der Waals surface area contributed by atoms with Gasteiger partial charge in [-0.05, 0) is 86.5 Å². The van der Waals surface area contributed by atoms with Crippen molar-refractivity contribution in [2.45, 2.75) is 44.0 Å². The molecule has 0 saturated heterocycles. The molecule has 0 aliphatic carbocycles. The lowest BCUT2D eigenvalue weighted by Gasteiger charge is -2.23. The highest BCUT2D eigenvalue weighted by Gasteiger charge is 2.31. The van der Waals surface area contributed by atoms with Crippen molar-refractivity contribution in [2.75, 3.05) is 0 Å². The quantitative estimate of drug-likeness (QED) is 0.383. The van der Waals surface area contributed by atoms with E-state index in [1.54, 1.807) is 49.4 Å². The molecular formula is C25H24F3NO6S. The lowest BCUT2D eigenvalue weighted by Crippen LogP contribution is -2.38. The van der Waals surface area contributed by atoms with Gasteiger partial charge in [0.05, 0.1) is 10.5 Å². The summed E-state index contributed by atoms with van der Waals surface area (Å²) in [5.41, 5.74) is -1.13. The minimum absolute atomic E-state index is 0.114. The molecule has 36 heavy (non-hydrogen) atoms. The van der Waals surface area contributed by atoms with Gasteiger partial charge in [-0.3, -0.25) is 0 Å². The normalized spacial score (nSPS) is 12.3. The molecule has 2 N–H and O–H groups in total. The first kappa shape index (κ1) is 27.0. The van der Waals surface area contributed by atoms with Gasteiger partial charge in [0.1, 0.15) is 17.2 Å². The topological polar surface area (TPSA) is 102 Å². The van der Waals surface area contributed by atoms with Gasteiger partial charge in [0.2, 0.25) is 10.0 Å². The van der Waals surface area contributed by atoms with Gasteiger partial charge in [0, 0.05) is 6.54 Å². The Bertz CT molecular complexity index is 1350. The van der Waals surface area contributed by atoms with Crippen LogP contribution in [0.1, 0.15) is 30.5 Å². The maximum atomic E-state index is 12.7. The molecule has 0 saturated carbocycles. The van der Waals surface area contributed by atoms with Crippen LogP contribution in [0.3, 0.4) is 0 Å². The number of aliphatic carboxylic acids is 1. The average molecular weight is 524 g/mol. The Morgan fingerprint density at radius 3 is 2.19 bits per heavy atom. The molecule has 0 atom stereocenters. The maximum Gasteiger partial charge on any atom is 0.416 e. The van der Waals surface area contributed by atoms with Crippen LogP contribution in [0, 0.1) is 6.92 Å². The van der Waals surface area contributed by atoms with Gasteiger partial charge in [0.25, 0.3) is 0 Å². The van der Waals surface area contributed by atoms with Gasteiger partial charge in [-0.1, -0.05) is 12.1 Å². The number of carboxylic acid groups (broad SMARTS) is 1. The molecule has 0 spiro atoms. The second-order valence-electron chi connectivity index (χ2n) is 8.44. The van der Waals surface area contributed by atoms with E-state index in [0.717, 1.165) is 12.1 Å². The summed E-state index contributed by atoms with van der Waals surface area (Å²) in [6.45, 7) is 4.51. The Morgan fingerprint density at radius 1 is 0.972 bits per heavy atom. The standard InChI is InChI=1S/C25H24F3NO6S/c1-16-13-20(9-12-22(16)35-24(2,3)23(30)31)34-19-6-4-5-17(14-19)15-29-36(32,33)21-10-7-18(8-11-21)25(26,27)28/h4-14,29H,15H2,1-3H3,(H,30,31). The highest BCUT2D eigenvalue weighted by atomic mass is 32.2. The van der Waals surface area contributed by atoms with E-state index in [2.05, 4.69) is 4.72 Å². The smallest absolute Gasteiger partial charge is 0.416 e. The zero-order chi connectivity index (χ0) is 26.7. The fraction of sp³-hybridized carbons (Fsp3) is 0.240. The molecule has 3 rings (SSSR count). The number of sulfonamides is 1. The number of alkyl halides is 3. The molecular weight excluding hydrogens is 499 g/mol. The largest absolute Gasteiger partial charge is 0.478 e. The average Bonchev–Trinajstić information content (AvgIpc) is 2.79. The SMILES string of the molecule is Cc1cc(Oc2cccc(CNS(=O)(=O)c3ccc(C(F)(F)F)cc3)c2)ccc1OC(C)(C)C(=O)O. The Hall–Kier alpha value is -3.57. The van der Waals surface area contributed by atoms with E-state index in [1.165, 1.54) is 13.8 Å². The molecule has 0 bridgehead atoms. The Labute approximate surface area is 206 Å². The number of ether oxygens (including phenoxy) is 2. The number of hydrogen-bond acceptors (Lipinski definition) is 5. The second kappa shape index (κ2) is 10.2. The first-order valence-electron chi connectivity index (χ1n) is 10.6. The number of rotatable bonds is 9. The molecule has 0 heterocycles. The van der Waals surface area contributed by atoms with Crippen molar-refractivity contribution in [1.29, 1.82) is 0 Å². The van der Waals surface area contributed by atoms with Gasteiger partial charge < -0.3 is 14.6 Å². The zero-order valence-corrected chi connectivity index (χ0v) is 20.4. The third-order valence-electron chi connectivity index (χ3n) is 5.12. The number of hydrogen-bond donors (Lipinski definition) is 2. The number of aryl methyl sites for hydroxylation is 1. The Balaban J connectivity index is 1.67. The summed E-state index contributed by atoms with van der Waals surface area (Å²) in [5, 5.41) is 9.23. The Kier molecular flexibility index (Phi) is 7.65. The van der Waals surface area contributed by atoms with Crippen LogP contribution < -0.4 is 14.2 Å². The van der Waals surface area contributed by atoms with Crippen molar-refractivity contribution in [2.24, 2.45) is 0 Å². The van der Waals surface area contributed by atoms with Crippen LogP contribution in [0.4, 0.5) is 13.2 Å². The van der Waals surface area contributed by atoms with Crippen LogP contribution in [-0.2, 0) is 27.5 Å². The van der Waals surface area contributed by atoms with Crippen molar-refractivity contribution in [1.82, 2.24) is 4.72 Å². The number of carbonyl (C=O) groups is 1. The van der Waals surface area contributed by atoms with Crippen LogP contribution in [0.25, 0.3) is 0 Å². The molecule has 0 aliphatic rings. The molecule has 3 aromatic rings. The van der Waals surface area contributed by atoms with Crippen LogP contribution in [0.2, 0.25) is 0 Å². The van der Waals surface area contributed by atoms with Crippen molar-refractivity contribution < 1.29 is 41.0 Å². The highest BCUT2D eigenvalue weighted by molar-refractivity contribution is 7.89. The van der Waals surface area contributed by atoms with E-state index in [0.29, 0.717) is 40.5 Å². The predicted octanol–water partition coefficient (Wildman–Crippen LogP) is 5.53. The third-order valence-corrected chi connectivity index (χ3v) is 6.54. The van der Waals surface area contributed by atoms with E-state index in [9.17, 15) is 31.5 Å². The molecule has 0 aliphatic heterocycles. The molecule has 0 amide bonds. The van der Waals surface area contributed by atoms with Gasteiger partial charge in [-0.25, -0.2) is 17.9 Å². The minimum atomic E-state index is -4.56. The summed E-state index contributed by atoms with van der Waals surface area (Å²) in [4.78, 5) is 11.0. The zero-order valence-electron chi connectivity index (χ0n) is 19.6. The summed E-state index contributed by atoms with van der Waals surface area (Å²) in [6, 6.07) is 14.7. The number of nitrogens with one attached hydrogen (secondary N) is 1. The van der Waals surface area contributed by atoms with Gasteiger partial charge >= 0.3 is 12.1 Å². The lowest BCUT2D eigenvalue weighted by molar-refractivity contribution is -0.152. The molecule has 0 radical (unpaired) electrons. The van der Waals surface area contributed by atoms with Gasteiger partial charge in [0.15, 0.2) is 5.60 Å². The summed E-state index contributed by atoms with van der Waals surface area (Å²) in [6.07, 6.45) is -4.56. The molecule has 0 aromatic heterocycles. The van der Waals surface area contributed by atoms with E-state index < -0.39 is 33.3 Å². The second-order valence-corrected chi connectivity index (χ2v) is 10.2. The van der Waals surface area contributed by atoms with Gasteiger partial charge in [-0.2, -0.15) is 13.2 Å². The summed E-state index contributed by atoms with van der Waals surface area (Å²) >= 11 is 0. The van der Waals surface area contributed by atoms with Gasteiger partial charge in [-0.15, -0.1) is 0 Å². The van der Waals surface area contributed by atoms with E-state index in [1.807, 2.05) is 0 Å². The molecule has 0 unspecified atom stereocenters. The summed E-state index contributed by atoms with van der Waals surface area (Å²) in [7, 11) is -4.04. The van der Waals surface area contributed by atoms with Crippen molar-refractivity contribution in [3.8, 4) is 17.2 Å². The molecule has 0 fully saturated rings. The van der Waals surface area contributed by atoms with Crippen LogP contribution in [-0.4, -0.2) is 25.1 Å². The first-order chi connectivity index (χ1) is 16.7. The fourth-order valence-corrected chi connectivity index (χ4v) is 4.08. The number of carboxylic acids is 1. The van der Waals surface area contributed by atoms with Crippen molar-refractivity contribution >= 4 is 16.0 Å². The van der Waals surface area contributed by atoms with Crippen molar-refractivity contribution in [3.63, 3.8) is 0 Å². The lowest BCUT2D eigenvalue weighted by atomic mass is 10.1. The van der Waals surface area contributed by atoms with E-state index in [-0.39, 0.29) is 11.4 Å². The maximum absolute atomic E-state index is 12.7. The first-order valence-corrected chi connectivity index (χ1v) is 12.1. The number of benzene rings is 3. The number of halogens is 3. The Morgan fingerprint density at radius 2 is 1.61 bits per heavy atom. The third kappa shape index (κ3) is 6.76. The van der Waals surface area contributed by atoms with Crippen LogP contribution >= 0.6 is 0 Å². The minimum Gasteiger partial charge on any atom is -0.478 e. The molecule has 192 valence electrons. The van der Waals surface area contributed by atoms with Crippen LogP contribution in [0.15, 0.2) is 71.6 Å².